The SMILES string of the molecule is O=[N+]([O-])c1cc(S(=O)(=O)Nc2cccc(-c3nnc4n3CCC4)c2)ccc1Cl. The number of anilines is 1. The Kier molecular flexibility index (Phi) is 4.52. The van der Waals surface area contributed by atoms with Crippen molar-refractivity contribution in [3.63, 3.8) is 0 Å². The average Bonchev–Trinajstić information content (AvgIpc) is 3.25. The second-order valence-electron chi connectivity index (χ2n) is 6.25. The van der Waals surface area contributed by atoms with Crippen molar-refractivity contribution in [2.75, 3.05) is 4.72 Å². The van der Waals surface area contributed by atoms with Crippen molar-refractivity contribution in [1.82, 2.24) is 14.8 Å². The summed E-state index contributed by atoms with van der Waals surface area (Å²) in [5.41, 5.74) is 0.561. The molecule has 1 aromatic heterocycles. The van der Waals surface area contributed by atoms with Crippen molar-refractivity contribution < 1.29 is 13.3 Å². The van der Waals surface area contributed by atoms with Crippen LogP contribution in [-0.4, -0.2) is 28.1 Å². The van der Waals surface area contributed by atoms with Crippen LogP contribution in [0.3, 0.4) is 0 Å². The maximum Gasteiger partial charge on any atom is 0.289 e. The lowest BCUT2D eigenvalue weighted by atomic mass is 10.2. The predicted molar refractivity (Wildman–Crippen MR) is 103 cm³/mol. The zero-order chi connectivity index (χ0) is 19.9. The normalized spacial score (nSPS) is 13.3. The fourth-order valence-electron chi connectivity index (χ4n) is 3.10. The Hall–Kier alpha value is -2.98. The molecule has 1 N–H and O–H groups in total. The van der Waals surface area contributed by atoms with Crippen LogP contribution in [0, 0.1) is 10.1 Å². The molecule has 28 heavy (non-hydrogen) atoms. The van der Waals surface area contributed by atoms with E-state index in [-0.39, 0.29) is 9.92 Å². The Labute approximate surface area is 165 Å². The molecule has 1 aliphatic rings. The van der Waals surface area contributed by atoms with E-state index < -0.39 is 20.6 Å². The molecule has 4 rings (SSSR count). The molecule has 0 radical (unpaired) electrons. The molecular weight excluding hydrogens is 406 g/mol. The summed E-state index contributed by atoms with van der Waals surface area (Å²) in [4.78, 5) is 10.0. The Morgan fingerprint density at radius 2 is 2.00 bits per heavy atom. The largest absolute Gasteiger partial charge is 0.311 e. The van der Waals surface area contributed by atoms with Crippen molar-refractivity contribution in [2.45, 2.75) is 24.3 Å². The first-order valence-electron chi connectivity index (χ1n) is 8.34. The van der Waals surface area contributed by atoms with E-state index in [0.717, 1.165) is 36.8 Å². The van der Waals surface area contributed by atoms with Gasteiger partial charge >= 0.3 is 0 Å². The number of hydrogen-bond donors (Lipinski definition) is 1. The van der Waals surface area contributed by atoms with Crippen molar-refractivity contribution in [1.29, 1.82) is 0 Å². The van der Waals surface area contributed by atoms with Crippen LogP contribution in [-0.2, 0) is 23.0 Å². The topological polar surface area (TPSA) is 120 Å². The first kappa shape index (κ1) is 18.4. The van der Waals surface area contributed by atoms with E-state index in [0.29, 0.717) is 11.5 Å². The molecule has 0 spiro atoms. The van der Waals surface area contributed by atoms with Crippen LogP contribution in [0.15, 0.2) is 47.4 Å². The molecule has 144 valence electrons. The quantitative estimate of drug-likeness (QED) is 0.500. The molecule has 9 nitrogen and oxygen atoms in total. The Morgan fingerprint density at radius 1 is 1.18 bits per heavy atom. The van der Waals surface area contributed by atoms with Gasteiger partial charge in [-0.2, -0.15) is 0 Å². The number of fused-ring (bicyclic) bond motifs is 1. The van der Waals surface area contributed by atoms with Gasteiger partial charge in [-0.25, -0.2) is 8.42 Å². The zero-order valence-corrected chi connectivity index (χ0v) is 15.9. The van der Waals surface area contributed by atoms with E-state index in [1.54, 1.807) is 18.2 Å². The summed E-state index contributed by atoms with van der Waals surface area (Å²) in [6, 6.07) is 10.1. The highest BCUT2D eigenvalue weighted by molar-refractivity contribution is 7.92. The lowest BCUT2D eigenvalue weighted by Crippen LogP contribution is -2.13. The van der Waals surface area contributed by atoms with E-state index in [1.165, 1.54) is 12.1 Å². The number of sulfonamides is 1. The molecule has 0 aliphatic carbocycles. The average molecular weight is 420 g/mol. The number of nitrogens with zero attached hydrogens (tertiary/aromatic N) is 4. The number of aromatic nitrogens is 3. The number of nitro benzene ring substituents is 1. The third kappa shape index (κ3) is 3.32. The van der Waals surface area contributed by atoms with Crippen molar-refractivity contribution in [2.24, 2.45) is 0 Å². The monoisotopic (exact) mass is 419 g/mol. The van der Waals surface area contributed by atoms with Crippen LogP contribution >= 0.6 is 11.6 Å². The number of benzene rings is 2. The Balaban J connectivity index is 1.66. The molecule has 0 atom stereocenters. The molecule has 0 fully saturated rings. The second-order valence-corrected chi connectivity index (χ2v) is 8.34. The summed E-state index contributed by atoms with van der Waals surface area (Å²) in [7, 11) is -4.04. The van der Waals surface area contributed by atoms with Gasteiger partial charge in [0, 0.05) is 30.3 Å². The smallest absolute Gasteiger partial charge is 0.289 e. The molecular formula is C17H14ClN5O4S. The highest BCUT2D eigenvalue weighted by atomic mass is 35.5. The standard InChI is InChI=1S/C17H14ClN5O4S/c18-14-7-6-13(10-15(14)23(24)25)28(26,27)21-12-4-1-3-11(9-12)17-20-19-16-5-2-8-22(16)17/h1,3-4,6-7,9-10,21H,2,5,8H2. The van der Waals surface area contributed by atoms with Crippen LogP contribution < -0.4 is 4.72 Å². The molecule has 11 heteroatoms. The van der Waals surface area contributed by atoms with Gasteiger partial charge in [0.1, 0.15) is 10.8 Å². The lowest BCUT2D eigenvalue weighted by molar-refractivity contribution is -0.384. The van der Waals surface area contributed by atoms with E-state index in [9.17, 15) is 18.5 Å². The number of nitro groups is 1. The van der Waals surface area contributed by atoms with Crippen LogP contribution in [0.25, 0.3) is 11.4 Å². The summed E-state index contributed by atoms with van der Waals surface area (Å²) in [5, 5.41) is 19.2. The lowest BCUT2D eigenvalue weighted by Gasteiger charge is -2.10. The minimum absolute atomic E-state index is 0.133. The number of halogens is 1. The molecule has 0 bridgehead atoms. The van der Waals surface area contributed by atoms with Crippen LogP contribution in [0.5, 0.6) is 0 Å². The minimum Gasteiger partial charge on any atom is -0.311 e. The van der Waals surface area contributed by atoms with Gasteiger partial charge in [-0.1, -0.05) is 23.7 Å². The van der Waals surface area contributed by atoms with Gasteiger partial charge in [-0.15, -0.1) is 10.2 Å². The second kappa shape index (κ2) is 6.88. The van der Waals surface area contributed by atoms with E-state index in [1.807, 2.05) is 10.6 Å². The van der Waals surface area contributed by atoms with Crippen molar-refractivity contribution >= 4 is 33.0 Å². The minimum atomic E-state index is -4.04. The fourth-order valence-corrected chi connectivity index (χ4v) is 4.36. The summed E-state index contributed by atoms with van der Waals surface area (Å²) in [6.45, 7) is 0.821. The van der Waals surface area contributed by atoms with Crippen LogP contribution in [0.4, 0.5) is 11.4 Å². The third-order valence-electron chi connectivity index (χ3n) is 4.41. The van der Waals surface area contributed by atoms with Crippen molar-refractivity contribution in [3.05, 3.63) is 63.4 Å². The third-order valence-corrected chi connectivity index (χ3v) is 6.11. The number of rotatable bonds is 5. The molecule has 0 saturated carbocycles. The number of nitrogens with one attached hydrogen (secondary N) is 1. The highest BCUT2D eigenvalue weighted by Gasteiger charge is 2.22. The molecule has 0 amide bonds. The summed E-state index contributed by atoms with van der Waals surface area (Å²) < 4.78 is 29.8. The van der Waals surface area contributed by atoms with Gasteiger partial charge in [0.05, 0.1) is 9.82 Å². The maximum atomic E-state index is 12.7. The van der Waals surface area contributed by atoms with Crippen LogP contribution in [0.1, 0.15) is 12.2 Å². The Bertz CT molecular complexity index is 1190. The van der Waals surface area contributed by atoms with Gasteiger partial charge in [0.15, 0.2) is 5.82 Å². The molecule has 0 saturated heterocycles. The van der Waals surface area contributed by atoms with Gasteiger partial charge in [0.25, 0.3) is 15.7 Å². The van der Waals surface area contributed by atoms with Gasteiger partial charge in [-0.3, -0.25) is 14.8 Å². The van der Waals surface area contributed by atoms with Gasteiger partial charge < -0.3 is 4.57 Å². The first-order chi connectivity index (χ1) is 13.3. The van der Waals surface area contributed by atoms with E-state index >= 15 is 0 Å². The summed E-state index contributed by atoms with van der Waals surface area (Å²) >= 11 is 5.75. The molecule has 2 aromatic carbocycles. The van der Waals surface area contributed by atoms with Crippen LogP contribution in [0.2, 0.25) is 5.02 Å². The van der Waals surface area contributed by atoms with Gasteiger partial charge in [0.2, 0.25) is 0 Å². The van der Waals surface area contributed by atoms with E-state index in [4.69, 9.17) is 11.6 Å². The predicted octanol–water partition coefficient (Wildman–Crippen LogP) is 3.25. The first-order valence-corrected chi connectivity index (χ1v) is 10.2. The summed E-state index contributed by atoms with van der Waals surface area (Å²) in [5.74, 6) is 1.59. The van der Waals surface area contributed by atoms with E-state index in [2.05, 4.69) is 14.9 Å². The van der Waals surface area contributed by atoms with Crippen molar-refractivity contribution in [3.8, 4) is 11.4 Å². The number of aryl methyl sites for hydroxylation is 1. The maximum absolute atomic E-state index is 12.7. The molecule has 3 aromatic rings. The molecule has 0 unspecified atom stereocenters. The summed E-state index contributed by atoms with van der Waals surface area (Å²) in [6.07, 6.45) is 1.87. The zero-order valence-electron chi connectivity index (χ0n) is 14.4. The highest BCUT2D eigenvalue weighted by Crippen LogP contribution is 2.29. The van der Waals surface area contributed by atoms with Gasteiger partial charge in [-0.05, 0) is 30.7 Å². The Morgan fingerprint density at radius 3 is 2.79 bits per heavy atom. The molecule has 2 heterocycles. The molecule has 1 aliphatic heterocycles. The number of hydrogen-bond acceptors (Lipinski definition) is 6. The fraction of sp³-hybridized carbons (Fsp3) is 0.176.